The van der Waals surface area contributed by atoms with Gasteiger partial charge in [0.1, 0.15) is 0 Å². The molecule has 14 heavy (non-hydrogen) atoms. The van der Waals surface area contributed by atoms with E-state index in [4.69, 9.17) is 0 Å². The predicted octanol–water partition coefficient (Wildman–Crippen LogP) is 0.267. The normalized spacial score (nSPS) is 13.6. The molecule has 0 spiro atoms. The van der Waals surface area contributed by atoms with Gasteiger partial charge in [0.2, 0.25) is 10.0 Å². The highest BCUT2D eigenvalue weighted by atomic mass is 32.2. The fraction of sp³-hybridized carbons (Fsp3) is 0.875. The Bertz CT molecular complexity index is 273. The van der Waals surface area contributed by atoms with Gasteiger partial charge in [-0.2, -0.15) is 0 Å². The average Bonchev–Trinajstić information content (AvgIpc) is 2.13. The molecule has 84 valence electrons. The zero-order valence-electron chi connectivity index (χ0n) is 8.74. The molecule has 0 saturated carbocycles. The standard InChI is InChI=1S/C8H17NO4S/c1-4-7(2)9-14(11,12)6-5-8(10)13-3/h7,9H,4-6H2,1-3H3. The van der Waals surface area contributed by atoms with Crippen molar-refractivity contribution in [1.82, 2.24) is 4.72 Å². The van der Waals surface area contributed by atoms with Gasteiger partial charge in [0.05, 0.1) is 19.3 Å². The molecule has 1 atom stereocenters. The Morgan fingerprint density at radius 3 is 2.50 bits per heavy atom. The number of carbonyl (C=O) groups is 1. The van der Waals surface area contributed by atoms with Crippen LogP contribution in [0.15, 0.2) is 0 Å². The van der Waals surface area contributed by atoms with E-state index in [9.17, 15) is 13.2 Å². The maximum absolute atomic E-state index is 11.3. The number of hydrogen-bond donors (Lipinski definition) is 1. The number of methoxy groups -OCH3 is 1. The summed E-state index contributed by atoms with van der Waals surface area (Å²) in [5.74, 6) is -0.733. The summed E-state index contributed by atoms with van der Waals surface area (Å²) in [6, 6.07) is -0.0994. The van der Waals surface area contributed by atoms with Crippen LogP contribution < -0.4 is 4.72 Å². The van der Waals surface area contributed by atoms with Crippen molar-refractivity contribution in [3.05, 3.63) is 0 Å². The molecule has 6 heteroatoms. The Hall–Kier alpha value is -0.620. The monoisotopic (exact) mass is 223 g/mol. The molecule has 1 unspecified atom stereocenters. The molecule has 0 saturated heterocycles. The second kappa shape index (κ2) is 5.98. The summed E-state index contributed by atoms with van der Waals surface area (Å²) in [4.78, 5) is 10.7. The van der Waals surface area contributed by atoms with Gasteiger partial charge < -0.3 is 4.74 Å². The van der Waals surface area contributed by atoms with Crippen LogP contribution in [0.2, 0.25) is 0 Å². The van der Waals surface area contributed by atoms with Crippen molar-refractivity contribution in [2.24, 2.45) is 0 Å². The lowest BCUT2D eigenvalue weighted by Crippen LogP contribution is -2.34. The third-order valence-electron chi connectivity index (χ3n) is 1.80. The highest BCUT2D eigenvalue weighted by Crippen LogP contribution is 1.96. The fourth-order valence-corrected chi connectivity index (χ4v) is 2.10. The van der Waals surface area contributed by atoms with Crippen LogP contribution in [0.5, 0.6) is 0 Å². The van der Waals surface area contributed by atoms with Crippen molar-refractivity contribution >= 4 is 16.0 Å². The van der Waals surface area contributed by atoms with Crippen LogP contribution in [0.4, 0.5) is 0 Å². The Morgan fingerprint density at radius 1 is 1.50 bits per heavy atom. The molecular formula is C8H17NO4S. The van der Waals surface area contributed by atoms with E-state index >= 15 is 0 Å². The Balaban J connectivity index is 4.02. The predicted molar refractivity (Wildman–Crippen MR) is 53.3 cm³/mol. The highest BCUT2D eigenvalue weighted by Gasteiger charge is 2.15. The average molecular weight is 223 g/mol. The zero-order valence-corrected chi connectivity index (χ0v) is 9.56. The van der Waals surface area contributed by atoms with E-state index < -0.39 is 16.0 Å². The minimum absolute atomic E-state index is 0.0994. The minimum atomic E-state index is -3.35. The number of nitrogens with one attached hydrogen (secondary N) is 1. The first-order chi connectivity index (χ1) is 6.41. The number of hydrogen-bond acceptors (Lipinski definition) is 4. The van der Waals surface area contributed by atoms with Gasteiger partial charge in [0, 0.05) is 6.04 Å². The summed E-state index contributed by atoms with van der Waals surface area (Å²) >= 11 is 0. The third kappa shape index (κ3) is 5.93. The second-order valence-electron chi connectivity index (χ2n) is 3.07. The van der Waals surface area contributed by atoms with Gasteiger partial charge in [-0.15, -0.1) is 0 Å². The van der Waals surface area contributed by atoms with Gasteiger partial charge in [-0.3, -0.25) is 4.79 Å². The SMILES string of the molecule is CCC(C)NS(=O)(=O)CCC(=O)OC. The van der Waals surface area contributed by atoms with E-state index in [2.05, 4.69) is 9.46 Å². The summed E-state index contributed by atoms with van der Waals surface area (Å²) in [7, 11) is -2.12. The largest absolute Gasteiger partial charge is 0.469 e. The molecule has 0 aromatic carbocycles. The maximum atomic E-state index is 11.3. The molecule has 0 aliphatic carbocycles. The molecule has 0 aromatic heterocycles. The molecular weight excluding hydrogens is 206 g/mol. The molecule has 1 N–H and O–H groups in total. The van der Waals surface area contributed by atoms with Crippen molar-refractivity contribution in [2.45, 2.75) is 32.7 Å². The molecule has 0 rings (SSSR count). The molecule has 0 radical (unpaired) electrons. The summed E-state index contributed by atoms with van der Waals surface area (Å²) < 4.78 is 29.4. The zero-order chi connectivity index (χ0) is 11.2. The van der Waals surface area contributed by atoms with E-state index in [0.717, 1.165) is 6.42 Å². The summed E-state index contributed by atoms with van der Waals surface area (Å²) in [6.45, 7) is 3.66. The van der Waals surface area contributed by atoms with Crippen molar-refractivity contribution in [1.29, 1.82) is 0 Å². The summed E-state index contributed by atoms with van der Waals surface area (Å²) in [5, 5.41) is 0. The fourth-order valence-electron chi connectivity index (χ4n) is 0.769. The van der Waals surface area contributed by atoms with Gasteiger partial charge in [0.15, 0.2) is 0 Å². The molecule has 0 aliphatic heterocycles. The van der Waals surface area contributed by atoms with Crippen LogP contribution in [0.1, 0.15) is 26.7 Å². The lowest BCUT2D eigenvalue weighted by molar-refractivity contribution is -0.140. The minimum Gasteiger partial charge on any atom is -0.469 e. The number of rotatable bonds is 6. The molecule has 5 nitrogen and oxygen atoms in total. The van der Waals surface area contributed by atoms with Crippen molar-refractivity contribution in [2.75, 3.05) is 12.9 Å². The number of esters is 1. The van der Waals surface area contributed by atoms with Gasteiger partial charge in [0.25, 0.3) is 0 Å². The van der Waals surface area contributed by atoms with Crippen LogP contribution in [0.25, 0.3) is 0 Å². The number of ether oxygens (including phenoxy) is 1. The third-order valence-corrected chi connectivity index (χ3v) is 3.30. The van der Waals surface area contributed by atoms with E-state index in [1.54, 1.807) is 6.92 Å². The van der Waals surface area contributed by atoms with Crippen LogP contribution in [0.3, 0.4) is 0 Å². The van der Waals surface area contributed by atoms with Crippen LogP contribution in [-0.4, -0.2) is 33.3 Å². The van der Waals surface area contributed by atoms with Gasteiger partial charge in [-0.1, -0.05) is 6.92 Å². The Morgan fingerprint density at radius 2 is 2.07 bits per heavy atom. The Labute approximate surface area is 84.9 Å². The lowest BCUT2D eigenvalue weighted by atomic mass is 10.3. The van der Waals surface area contributed by atoms with Gasteiger partial charge in [-0.05, 0) is 13.3 Å². The molecule has 0 amide bonds. The maximum Gasteiger partial charge on any atom is 0.306 e. The first kappa shape index (κ1) is 13.4. The molecule has 0 fully saturated rings. The molecule has 0 heterocycles. The van der Waals surface area contributed by atoms with Crippen LogP contribution in [0, 0.1) is 0 Å². The summed E-state index contributed by atoms with van der Waals surface area (Å²) in [6.07, 6.45) is 0.611. The lowest BCUT2D eigenvalue weighted by Gasteiger charge is -2.11. The molecule has 0 aromatic rings. The van der Waals surface area contributed by atoms with Crippen molar-refractivity contribution < 1.29 is 17.9 Å². The van der Waals surface area contributed by atoms with E-state index in [1.807, 2.05) is 6.92 Å². The van der Waals surface area contributed by atoms with Crippen LogP contribution >= 0.6 is 0 Å². The summed E-state index contributed by atoms with van der Waals surface area (Å²) in [5.41, 5.74) is 0. The first-order valence-electron chi connectivity index (χ1n) is 4.48. The van der Waals surface area contributed by atoms with Crippen molar-refractivity contribution in [3.8, 4) is 0 Å². The molecule has 0 aliphatic rings. The quantitative estimate of drug-likeness (QED) is 0.656. The number of sulfonamides is 1. The highest BCUT2D eigenvalue weighted by molar-refractivity contribution is 7.89. The van der Waals surface area contributed by atoms with Crippen molar-refractivity contribution in [3.63, 3.8) is 0 Å². The van der Waals surface area contributed by atoms with Gasteiger partial charge >= 0.3 is 5.97 Å². The van der Waals surface area contributed by atoms with E-state index in [-0.39, 0.29) is 18.2 Å². The Kier molecular flexibility index (Phi) is 5.71. The van der Waals surface area contributed by atoms with E-state index in [1.165, 1.54) is 7.11 Å². The first-order valence-corrected chi connectivity index (χ1v) is 6.13. The second-order valence-corrected chi connectivity index (χ2v) is 4.95. The van der Waals surface area contributed by atoms with Gasteiger partial charge in [-0.25, -0.2) is 13.1 Å². The molecule has 0 bridgehead atoms. The number of carbonyl (C=O) groups excluding carboxylic acids is 1. The van der Waals surface area contributed by atoms with E-state index in [0.29, 0.717) is 0 Å². The topological polar surface area (TPSA) is 72.5 Å². The smallest absolute Gasteiger partial charge is 0.306 e. The van der Waals surface area contributed by atoms with Crippen LogP contribution in [-0.2, 0) is 19.6 Å².